The minimum atomic E-state index is 0.795. The first-order chi connectivity index (χ1) is 7.19. The van der Waals surface area contributed by atoms with Gasteiger partial charge in [-0.1, -0.05) is 39.5 Å². The summed E-state index contributed by atoms with van der Waals surface area (Å²) in [5, 5.41) is 0. The Morgan fingerprint density at radius 2 is 2.07 bits per heavy atom. The molecule has 0 aliphatic carbocycles. The number of unbranched alkanes of at least 4 members (excludes halogenated alkanes) is 2. The number of likely N-dealkylation sites (N-methyl/N-ethyl adjacent to an activating group) is 1. The summed E-state index contributed by atoms with van der Waals surface area (Å²) < 4.78 is 2.41. The molecule has 1 aliphatic heterocycles. The molecule has 1 fully saturated rings. The fraction of sp³-hybridized carbons (Fsp3) is 1.00. The maximum absolute atomic E-state index is 2.52. The molecule has 0 aromatic heterocycles. The molecule has 0 spiro atoms. The van der Waals surface area contributed by atoms with Crippen LogP contribution in [0.25, 0.3) is 0 Å². The summed E-state index contributed by atoms with van der Waals surface area (Å²) in [5.74, 6) is 0.904. The van der Waals surface area contributed by atoms with Crippen LogP contribution in [0.4, 0.5) is 0 Å². The van der Waals surface area contributed by atoms with Crippen molar-refractivity contribution in [1.82, 2.24) is 8.01 Å². The van der Waals surface area contributed by atoms with E-state index in [0.717, 1.165) is 18.6 Å². The van der Waals surface area contributed by atoms with Crippen LogP contribution in [-0.4, -0.2) is 34.3 Å². The maximum Gasteiger partial charge on any atom is 0.0600 e. The highest BCUT2D eigenvalue weighted by atomic mass is 127. The van der Waals surface area contributed by atoms with E-state index in [4.69, 9.17) is 0 Å². The second-order valence-electron chi connectivity index (χ2n) is 4.78. The Bertz CT molecular complexity index is 175. The minimum absolute atomic E-state index is 0.795. The van der Waals surface area contributed by atoms with Crippen molar-refractivity contribution < 1.29 is 0 Å². The van der Waals surface area contributed by atoms with E-state index in [1.807, 2.05) is 0 Å². The normalized spacial score (nSPS) is 26.0. The number of hydrogen-bond acceptors (Lipinski definition) is 2. The standard InChI is InChI=1S/C12H25IN2/c1-4-6-7-8-11(5-2)12-9-15(13)10-14(12)3/h11-12H,4-10H2,1-3H3. The van der Waals surface area contributed by atoms with Gasteiger partial charge in [0.05, 0.1) is 6.67 Å². The zero-order valence-corrected chi connectivity index (χ0v) is 12.5. The van der Waals surface area contributed by atoms with E-state index in [0.29, 0.717) is 0 Å². The molecular weight excluding hydrogens is 299 g/mol. The smallest absolute Gasteiger partial charge is 0.0600 e. The minimum Gasteiger partial charge on any atom is -0.288 e. The molecule has 2 nitrogen and oxygen atoms in total. The van der Waals surface area contributed by atoms with Crippen LogP contribution in [-0.2, 0) is 0 Å². The Labute approximate surface area is 109 Å². The van der Waals surface area contributed by atoms with Gasteiger partial charge in [0.15, 0.2) is 0 Å². The van der Waals surface area contributed by atoms with Crippen LogP contribution in [0.3, 0.4) is 0 Å². The van der Waals surface area contributed by atoms with E-state index in [1.54, 1.807) is 0 Å². The lowest BCUT2D eigenvalue weighted by molar-refractivity contribution is 0.216. The Hall–Kier alpha value is 0.650. The Morgan fingerprint density at radius 1 is 1.33 bits per heavy atom. The zero-order chi connectivity index (χ0) is 11.3. The van der Waals surface area contributed by atoms with Crippen LogP contribution in [0.1, 0.15) is 46.0 Å². The predicted octanol–water partition coefficient (Wildman–Crippen LogP) is 3.52. The number of rotatable bonds is 6. The van der Waals surface area contributed by atoms with Crippen LogP contribution in [0, 0.1) is 5.92 Å². The monoisotopic (exact) mass is 324 g/mol. The maximum atomic E-state index is 2.52. The average molecular weight is 324 g/mol. The SMILES string of the molecule is CCCCCC(CC)C1CN(I)CN1C. The molecule has 0 radical (unpaired) electrons. The molecule has 0 aromatic rings. The zero-order valence-electron chi connectivity index (χ0n) is 10.4. The number of halogens is 1. The molecule has 1 rings (SSSR count). The predicted molar refractivity (Wildman–Crippen MR) is 75.1 cm³/mol. The molecule has 1 heterocycles. The summed E-state index contributed by atoms with van der Waals surface area (Å²) in [5.41, 5.74) is 0. The van der Waals surface area contributed by atoms with Gasteiger partial charge in [-0.2, -0.15) is 0 Å². The molecule has 0 aromatic carbocycles. The molecule has 15 heavy (non-hydrogen) atoms. The lowest BCUT2D eigenvalue weighted by Crippen LogP contribution is -2.34. The molecule has 0 N–H and O–H groups in total. The van der Waals surface area contributed by atoms with Crippen molar-refractivity contribution in [3.05, 3.63) is 0 Å². The summed E-state index contributed by atoms with van der Waals surface area (Å²) in [7, 11) is 2.27. The van der Waals surface area contributed by atoms with Gasteiger partial charge in [-0.15, -0.1) is 0 Å². The lowest BCUT2D eigenvalue weighted by atomic mass is 9.91. The third kappa shape index (κ3) is 4.19. The van der Waals surface area contributed by atoms with Gasteiger partial charge in [0.2, 0.25) is 0 Å². The highest BCUT2D eigenvalue weighted by Gasteiger charge is 2.31. The van der Waals surface area contributed by atoms with Crippen molar-refractivity contribution in [2.24, 2.45) is 5.92 Å². The number of nitrogens with zero attached hydrogens (tertiary/aromatic N) is 2. The summed E-state index contributed by atoms with van der Waals surface area (Å²) in [4.78, 5) is 2.52. The quantitative estimate of drug-likeness (QED) is 0.419. The molecule has 0 saturated carbocycles. The van der Waals surface area contributed by atoms with Gasteiger partial charge >= 0.3 is 0 Å². The van der Waals surface area contributed by atoms with Gasteiger partial charge in [0.1, 0.15) is 0 Å². The van der Waals surface area contributed by atoms with Crippen molar-refractivity contribution in [3.8, 4) is 0 Å². The molecule has 3 heteroatoms. The van der Waals surface area contributed by atoms with Gasteiger partial charge in [0, 0.05) is 35.5 Å². The summed E-state index contributed by atoms with van der Waals surface area (Å²) in [6.07, 6.45) is 6.92. The van der Waals surface area contributed by atoms with Gasteiger partial charge < -0.3 is 0 Å². The van der Waals surface area contributed by atoms with Gasteiger partial charge in [0.25, 0.3) is 0 Å². The first-order valence-corrected chi connectivity index (χ1v) is 7.26. The number of hydrogen-bond donors (Lipinski definition) is 0. The fourth-order valence-corrected chi connectivity index (χ4v) is 3.47. The first kappa shape index (κ1) is 13.7. The van der Waals surface area contributed by atoms with E-state index >= 15 is 0 Å². The van der Waals surface area contributed by atoms with Gasteiger partial charge in [-0.05, 0) is 19.4 Å². The second-order valence-corrected chi connectivity index (χ2v) is 6.14. The summed E-state index contributed by atoms with van der Waals surface area (Å²) >= 11 is 2.45. The van der Waals surface area contributed by atoms with Crippen molar-refractivity contribution in [3.63, 3.8) is 0 Å². The molecule has 2 atom stereocenters. The third-order valence-corrected chi connectivity index (χ3v) is 4.27. The molecule has 90 valence electrons. The second kappa shape index (κ2) is 7.07. The molecule has 0 amide bonds. The van der Waals surface area contributed by atoms with E-state index in [-0.39, 0.29) is 0 Å². The van der Waals surface area contributed by atoms with Crippen molar-refractivity contribution in [1.29, 1.82) is 0 Å². The molecule has 2 unspecified atom stereocenters. The molecular formula is C12H25IN2. The van der Waals surface area contributed by atoms with E-state index in [9.17, 15) is 0 Å². The molecule has 1 saturated heterocycles. The van der Waals surface area contributed by atoms with Crippen molar-refractivity contribution in [2.75, 3.05) is 20.3 Å². The Balaban J connectivity index is 2.36. The fourth-order valence-electron chi connectivity index (χ4n) is 2.58. The highest BCUT2D eigenvalue weighted by Crippen LogP contribution is 2.27. The van der Waals surface area contributed by atoms with Crippen molar-refractivity contribution >= 4 is 22.9 Å². The van der Waals surface area contributed by atoms with Crippen LogP contribution in [0.15, 0.2) is 0 Å². The Morgan fingerprint density at radius 3 is 2.53 bits per heavy atom. The van der Waals surface area contributed by atoms with Crippen molar-refractivity contribution in [2.45, 2.75) is 52.0 Å². The summed E-state index contributed by atoms with van der Waals surface area (Å²) in [6, 6.07) is 0.795. The van der Waals surface area contributed by atoms with Crippen LogP contribution >= 0.6 is 22.9 Å². The topological polar surface area (TPSA) is 6.48 Å². The third-order valence-electron chi connectivity index (χ3n) is 3.57. The average Bonchev–Trinajstić information content (AvgIpc) is 2.53. The lowest BCUT2D eigenvalue weighted by Gasteiger charge is -2.27. The van der Waals surface area contributed by atoms with E-state index in [2.05, 4.69) is 51.8 Å². The van der Waals surface area contributed by atoms with E-state index in [1.165, 1.54) is 38.6 Å². The highest BCUT2D eigenvalue weighted by molar-refractivity contribution is 14.1. The molecule has 0 bridgehead atoms. The van der Waals surface area contributed by atoms with E-state index < -0.39 is 0 Å². The Kier molecular flexibility index (Phi) is 6.46. The van der Waals surface area contributed by atoms with Crippen LogP contribution in [0.2, 0.25) is 0 Å². The van der Waals surface area contributed by atoms with Gasteiger partial charge in [-0.25, -0.2) is 3.11 Å². The summed E-state index contributed by atoms with van der Waals surface area (Å²) in [6.45, 7) is 7.02. The van der Waals surface area contributed by atoms with Crippen LogP contribution in [0.5, 0.6) is 0 Å². The first-order valence-electron chi connectivity index (χ1n) is 6.30. The largest absolute Gasteiger partial charge is 0.288 e. The molecule has 1 aliphatic rings. The van der Waals surface area contributed by atoms with Crippen LogP contribution < -0.4 is 0 Å². The van der Waals surface area contributed by atoms with Gasteiger partial charge in [-0.3, -0.25) is 4.90 Å².